The molecule has 1 heterocycles. The predicted octanol–water partition coefficient (Wildman–Crippen LogP) is 3.99. The van der Waals surface area contributed by atoms with Crippen LogP contribution in [0.3, 0.4) is 0 Å². The van der Waals surface area contributed by atoms with E-state index >= 15 is 0 Å². The molecule has 6 heteroatoms. The van der Waals surface area contributed by atoms with Crippen LogP contribution in [0.15, 0.2) is 36.4 Å². The van der Waals surface area contributed by atoms with E-state index < -0.39 is 0 Å². The maximum absolute atomic E-state index is 13.2. The Kier molecular flexibility index (Phi) is 5.54. The fraction of sp³-hybridized carbons (Fsp3) is 0.286. The Hall–Kier alpha value is -2.75. The number of benzene rings is 2. The monoisotopic (exact) mass is 378 g/mol. The Morgan fingerprint density at radius 2 is 1.78 bits per heavy atom. The van der Waals surface area contributed by atoms with Gasteiger partial charge in [-0.2, -0.15) is 5.26 Å². The van der Waals surface area contributed by atoms with Crippen molar-refractivity contribution in [3.63, 3.8) is 0 Å². The van der Waals surface area contributed by atoms with E-state index in [0.29, 0.717) is 22.8 Å². The van der Waals surface area contributed by atoms with Crippen molar-refractivity contribution in [2.75, 3.05) is 32.1 Å². The number of amides is 1. The SMILES string of the molecule is Cc1cc2nc(N(CCN(C)C)C(=O)c3ccc(C#N)cc3)sc2cc1C. The van der Waals surface area contributed by atoms with Crippen molar-refractivity contribution in [3.8, 4) is 6.07 Å². The van der Waals surface area contributed by atoms with E-state index in [1.54, 1.807) is 29.2 Å². The molecule has 0 aliphatic carbocycles. The molecule has 0 radical (unpaired) electrons. The molecule has 0 aliphatic heterocycles. The van der Waals surface area contributed by atoms with Gasteiger partial charge in [0.25, 0.3) is 5.91 Å². The third-order valence-electron chi connectivity index (χ3n) is 4.50. The van der Waals surface area contributed by atoms with Crippen LogP contribution in [0.4, 0.5) is 5.13 Å². The number of aryl methyl sites for hydroxylation is 2. The zero-order valence-corrected chi connectivity index (χ0v) is 16.8. The zero-order chi connectivity index (χ0) is 19.6. The Bertz CT molecular complexity index is 976. The van der Waals surface area contributed by atoms with Crippen molar-refractivity contribution in [3.05, 3.63) is 58.7 Å². The summed E-state index contributed by atoms with van der Waals surface area (Å²) in [5.41, 5.74) is 4.42. The third kappa shape index (κ3) is 4.16. The maximum Gasteiger partial charge on any atom is 0.260 e. The molecule has 3 rings (SSSR count). The number of hydrogen-bond acceptors (Lipinski definition) is 5. The van der Waals surface area contributed by atoms with E-state index in [9.17, 15) is 4.79 Å². The first kappa shape index (κ1) is 19.0. The number of anilines is 1. The van der Waals surface area contributed by atoms with Gasteiger partial charge in [0.2, 0.25) is 0 Å². The summed E-state index contributed by atoms with van der Waals surface area (Å²) in [6.45, 7) is 5.43. The first-order chi connectivity index (χ1) is 12.9. The number of rotatable bonds is 5. The normalized spacial score (nSPS) is 11.0. The minimum absolute atomic E-state index is 0.103. The van der Waals surface area contributed by atoms with E-state index in [-0.39, 0.29) is 5.91 Å². The second-order valence-electron chi connectivity index (χ2n) is 6.85. The topological polar surface area (TPSA) is 60.2 Å². The molecule has 0 spiro atoms. The van der Waals surface area contributed by atoms with Crippen LogP contribution in [0, 0.1) is 25.2 Å². The van der Waals surface area contributed by atoms with Gasteiger partial charge in [-0.15, -0.1) is 0 Å². The molecule has 138 valence electrons. The predicted molar refractivity (Wildman–Crippen MR) is 110 cm³/mol. The molecule has 27 heavy (non-hydrogen) atoms. The Labute approximate surface area is 163 Å². The van der Waals surface area contributed by atoms with Gasteiger partial charge in [-0.25, -0.2) is 4.98 Å². The largest absolute Gasteiger partial charge is 0.308 e. The van der Waals surface area contributed by atoms with Crippen LogP contribution in [-0.2, 0) is 0 Å². The second-order valence-corrected chi connectivity index (χ2v) is 7.86. The molecule has 1 aromatic heterocycles. The minimum atomic E-state index is -0.103. The zero-order valence-electron chi connectivity index (χ0n) is 16.0. The van der Waals surface area contributed by atoms with E-state index in [4.69, 9.17) is 10.2 Å². The van der Waals surface area contributed by atoms with E-state index in [1.807, 2.05) is 19.0 Å². The van der Waals surface area contributed by atoms with Gasteiger partial charge in [0.05, 0.1) is 21.8 Å². The molecule has 0 N–H and O–H groups in total. The van der Waals surface area contributed by atoms with Gasteiger partial charge in [0.1, 0.15) is 0 Å². The van der Waals surface area contributed by atoms with Crippen LogP contribution >= 0.6 is 11.3 Å². The minimum Gasteiger partial charge on any atom is -0.308 e. The summed E-state index contributed by atoms with van der Waals surface area (Å²) in [5, 5.41) is 9.67. The number of hydrogen-bond donors (Lipinski definition) is 0. The van der Waals surface area contributed by atoms with Crippen LogP contribution in [0.25, 0.3) is 10.2 Å². The van der Waals surface area contributed by atoms with Gasteiger partial charge in [0, 0.05) is 18.7 Å². The summed E-state index contributed by atoms with van der Waals surface area (Å²) >= 11 is 1.53. The molecule has 1 amide bonds. The van der Waals surface area contributed by atoms with Crippen molar-refractivity contribution in [1.82, 2.24) is 9.88 Å². The molecule has 5 nitrogen and oxygen atoms in total. The van der Waals surface area contributed by atoms with Crippen LogP contribution in [0.1, 0.15) is 27.0 Å². The highest BCUT2D eigenvalue weighted by Crippen LogP contribution is 2.31. The quantitative estimate of drug-likeness (QED) is 0.673. The van der Waals surface area contributed by atoms with Gasteiger partial charge in [-0.1, -0.05) is 11.3 Å². The lowest BCUT2D eigenvalue weighted by Gasteiger charge is -2.22. The first-order valence-electron chi connectivity index (χ1n) is 8.73. The highest BCUT2D eigenvalue weighted by molar-refractivity contribution is 7.22. The van der Waals surface area contributed by atoms with Crippen molar-refractivity contribution >= 4 is 32.6 Å². The molecular weight excluding hydrogens is 356 g/mol. The molecule has 0 saturated heterocycles. The number of nitrogens with zero attached hydrogens (tertiary/aromatic N) is 4. The number of carbonyl (C=O) groups is 1. The van der Waals surface area contributed by atoms with Gasteiger partial charge < -0.3 is 4.90 Å². The van der Waals surface area contributed by atoms with Crippen LogP contribution in [0.5, 0.6) is 0 Å². The van der Waals surface area contributed by atoms with Gasteiger partial charge in [0.15, 0.2) is 5.13 Å². The van der Waals surface area contributed by atoms with E-state index in [0.717, 1.165) is 16.8 Å². The molecule has 0 fully saturated rings. The number of likely N-dealkylation sites (N-methyl/N-ethyl adjacent to an activating group) is 1. The van der Waals surface area contributed by atoms with Crippen molar-refractivity contribution in [2.24, 2.45) is 0 Å². The fourth-order valence-corrected chi connectivity index (χ4v) is 3.78. The summed E-state index contributed by atoms with van der Waals surface area (Å²) in [5.74, 6) is -0.103. The van der Waals surface area contributed by atoms with Crippen LogP contribution in [-0.4, -0.2) is 43.0 Å². The second kappa shape index (κ2) is 7.87. The lowest BCUT2D eigenvalue weighted by atomic mass is 10.1. The number of carbonyl (C=O) groups excluding carboxylic acids is 1. The number of thiazole rings is 1. The standard InChI is InChI=1S/C21H22N4OS/c1-14-11-18-19(12-15(14)2)27-21(23-18)25(10-9-24(3)4)20(26)17-7-5-16(13-22)6-8-17/h5-8,11-12H,9-10H2,1-4H3. The molecular formula is C21H22N4OS. The van der Waals surface area contributed by atoms with E-state index in [1.165, 1.54) is 22.5 Å². The van der Waals surface area contributed by atoms with Gasteiger partial charge in [-0.05, 0) is 75.5 Å². The smallest absolute Gasteiger partial charge is 0.260 e. The van der Waals surface area contributed by atoms with Gasteiger partial charge >= 0.3 is 0 Å². The lowest BCUT2D eigenvalue weighted by molar-refractivity contribution is 0.0985. The number of fused-ring (bicyclic) bond motifs is 1. The fourth-order valence-electron chi connectivity index (χ4n) is 2.71. The highest BCUT2D eigenvalue weighted by Gasteiger charge is 2.21. The van der Waals surface area contributed by atoms with Crippen LogP contribution in [0.2, 0.25) is 0 Å². The van der Waals surface area contributed by atoms with Crippen molar-refractivity contribution < 1.29 is 4.79 Å². The molecule has 0 bridgehead atoms. The average Bonchev–Trinajstić information content (AvgIpc) is 3.04. The lowest BCUT2D eigenvalue weighted by Crippen LogP contribution is -2.36. The molecule has 0 aliphatic rings. The van der Waals surface area contributed by atoms with Crippen molar-refractivity contribution in [2.45, 2.75) is 13.8 Å². The summed E-state index contributed by atoms with van der Waals surface area (Å²) in [4.78, 5) is 21.7. The Morgan fingerprint density at radius 1 is 1.11 bits per heavy atom. The Balaban J connectivity index is 1.99. The molecule has 0 unspecified atom stereocenters. The van der Waals surface area contributed by atoms with E-state index in [2.05, 4.69) is 32.0 Å². The third-order valence-corrected chi connectivity index (χ3v) is 5.54. The molecule has 3 aromatic rings. The van der Waals surface area contributed by atoms with Crippen molar-refractivity contribution in [1.29, 1.82) is 5.26 Å². The molecule has 2 aromatic carbocycles. The average molecular weight is 379 g/mol. The molecule has 0 saturated carbocycles. The maximum atomic E-state index is 13.2. The Morgan fingerprint density at radius 3 is 2.41 bits per heavy atom. The van der Waals surface area contributed by atoms with Gasteiger partial charge in [-0.3, -0.25) is 9.69 Å². The first-order valence-corrected chi connectivity index (χ1v) is 9.55. The number of nitriles is 1. The highest BCUT2D eigenvalue weighted by atomic mass is 32.1. The summed E-state index contributed by atoms with van der Waals surface area (Å²) < 4.78 is 1.08. The number of aromatic nitrogens is 1. The summed E-state index contributed by atoms with van der Waals surface area (Å²) in [6.07, 6.45) is 0. The summed E-state index contributed by atoms with van der Waals surface area (Å²) in [7, 11) is 3.96. The summed E-state index contributed by atoms with van der Waals surface area (Å²) in [6, 6.07) is 13.0. The molecule has 0 atom stereocenters. The van der Waals surface area contributed by atoms with Crippen LogP contribution < -0.4 is 4.90 Å².